The third-order valence-corrected chi connectivity index (χ3v) is 4.21. The Hall–Kier alpha value is -1.88. The van der Waals surface area contributed by atoms with Gasteiger partial charge in [0.1, 0.15) is 5.82 Å². The van der Waals surface area contributed by atoms with E-state index in [2.05, 4.69) is 21.2 Å². The molecule has 0 saturated heterocycles. The largest absolute Gasteiger partial charge is 0.396 e. The summed E-state index contributed by atoms with van der Waals surface area (Å²) in [5, 5.41) is 2.75. The molecule has 0 aromatic heterocycles. The van der Waals surface area contributed by atoms with Crippen molar-refractivity contribution in [1.82, 2.24) is 0 Å². The summed E-state index contributed by atoms with van der Waals surface area (Å²) in [6.45, 7) is 3.88. The van der Waals surface area contributed by atoms with Crippen LogP contribution in [0.25, 0.3) is 0 Å². The molecule has 0 atom stereocenters. The van der Waals surface area contributed by atoms with Gasteiger partial charge >= 0.3 is 0 Å². The minimum Gasteiger partial charge on any atom is -0.396 e. The van der Waals surface area contributed by atoms with Gasteiger partial charge in [0.2, 0.25) is 0 Å². The maximum atomic E-state index is 13.3. The third-order valence-electron chi connectivity index (χ3n) is 2.96. The average molecular weight is 337 g/mol. The van der Waals surface area contributed by atoms with E-state index in [0.717, 1.165) is 21.7 Å². The van der Waals surface area contributed by atoms with Crippen molar-refractivity contribution >= 4 is 33.2 Å². The molecule has 0 saturated carbocycles. The molecule has 104 valence electrons. The Kier molecular flexibility index (Phi) is 4.09. The lowest BCUT2D eigenvalue weighted by Crippen LogP contribution is -2.12. The first kappa shape index (κ1) is 14.5. The van der Waals surface area contributed by atoms with Crippen molar-refractivity contribution in [2.24, 2.45) is 0 Å². The summed E-state index contributed by atoms with van der Waals surface area (Å²) in [4.78, 5) is 12.1. The fourth-order valence-corrected chi connectivity index (χ4v) is 2.12. The van der Waals surface area contributed by atoms with E-state index >= 15 is 0 Å². The highest BCUT2D eigenvalue weighted by Gasteiger charge is 2.10. The zero-order valence-electron chi connectivity index (χ0n) is 11.1. The van der Waals surface area contributed by atoms with Crippen LogP contribution in [0.4, 0.5) is 15.8 Å². The maximum absolute atomic E-state index is 13.3. The van der Waals surface area contributed by atoms with Crippen LogP contribution in [0.5, 0.6) is 0 Å². The Morgan fingerprint density at radius 1 is 1.20 bits per heavy atom. The van der Waals surface area contributed by atoms with Crippen LogP contribution < -0.4 is 11.1 Å². The molecule has 1 amide bonds. The van der Waals surface area contributed by atoms with Crippen molar-refractivity contribution in [2.45, 2.75) is 13.8 Å². The molecule has 0 heterocycles. The number of nitrogens with two attached hydrogens (primary N) is 1. The summed E-state index contributed by atoms with van der Waals surface area (Å²) in [7, 11) is 0. The quantitative estimate of drug-likeness (QED) is 0.813. The zero-order valence-corrected chi connectivity index (χ0v) is 12.7. The first-order chi connectivity index (χ1) is 9.38. The van der Waals surface area contributed by atoms with Gasteiger partial charge in [-0.15, -0.1) is 0 Å². The van der Waals surface area contributed by atoms with Gasteiger partial charge in [-0.3, -0.25) is 4.79 Å². The van der Waals surface area contributed by atoms with Crippen molar-refractivity contribution in [3.8, 4) is 0 Å². The lowest BCUT2D eigenvalue weighted by molar-refractivity contribution is 0.102. The molecule has 3 nitrogen and oxygen atoms in total. The topological polar surface area (TPSA) is 55.1 Å². The molecular weight excluding hydrogens is 323 g/mol. The molecule has 0 bridgehead atoms. The Balaban J connectivity index is 2.25. The number of anilines is 2. The number of amides is 1. The fourth-order valence-electron chi connectivity index (χ4n) is 1.89. The van der Waals surface area contributed by atoms with Crippen molar-refractivity contribution in [3.05, 3.63) is 57.3 Å². The summed E-state index contributed by atoms with van der Waals surface area (Å²) in [6, 6.07) is 7.70. The van der Waals surface area contributed by atoms with Gasteiger partial charge in [-0.25, -0.2) is 4.39 Å². The van der Waals surface area contributed by atoms with E-state index in [1.54, 1.807) is 0 Å². The predicted molar refractivity (Wildman–Crippen MR) is 82.4 cm³/mol. The Labute approximate surface area is 125 Å². The molecular formula is C15H14BrFN2O. The molecule has 20 heavy (non-hydrogen) atoms. The standard InChI is InChI=1S/C15H14BrFN2O/c1-8-5-11(6-9(2)14(8)16)19-15(20)10-3-4-13(18)12(17)7-10/h3-7H,18H2,1-2H3,(H,19,20). The van der Waals surface area contributed by atoms with Crippen molar-refractivity contribution in [2.75, 3.05) is 11.1 Å². The molecule has 0 spiro atoms. The van der Waals surface area contributed by atoms with Gasteiger partial charge in [0.25, 0.3) is 5.91 Å². The van der Waals surface area contributed by atoms with E-state index in [0.29, 0.717) is 5.69 Å². The monoisotopic (exact) mass is 336 g/mol. The lowest BCUT2D eigenvalue weighted by Gasteiger charge is -2.10. The van der Waals surface area contributed by atoms with Crippen LogP contribution in [0.2, 0.25) is 0 Å². The molecule has 2 aromatic carbocycles. The molecule has 0 unspecified atom stereocenters. The second kappa shape index (κ2) is 5.63. The molecule has 2 aromatic rings. The average Bonchev–Trinajstić information content (AvgIpc) is 2.39. The lowest BCUT2D eigenvalue weighted by atomic mass is 10.1. The van der Waals surface area contributed by atoms with Crippen LogP contribution in [-0.2, 0) is 0 Å². The molecule has 0 aliphatic rings. The molecule has 2 rings (SSSR count). The van der Waals surface area contributed by atoms with Crippen molar-refractivity contribution in [3.63, 3.8) is 0 Å². The van der Waals surface area contributed by atoms with E-state index in [1.807, 2.05) is 26.0 Å². The number of halogens is 2. The number of hydrogen-bond acceptors (Lipinski definition) is 2. The third kappa shape index (κ3) is 2.99. The van der Waals surface area contributed by atoms with Crippen molar-refractivity contribution < 1.29 is 9.18 Å². The van der Waals surface area contributed by atoms with Gasteiger partial charge in [0.05, 0.1) is 5.69 Å². The fraction of sp³-hybridized carbons (Fsp3) is 0.133. The highest BCUT2D eigenvalue weighted by atomic mass is 79.9. The van der Waals surface area contributed by atoms with E-state index in [1.165, 1.54) is 12.1 Å². The number of hydrogen-bond donors (Lipinski definition) is 2. The van der Waals surface area contributed by atoms with Gasteiger partial charge < -0.3 is 11.1 Å². The minimum atomic E-state index is -0.596. The van der Waals surface area contributed by atoms with Gasteiger partial charge in [-0.05, 0) is 55.3 Å². The van der Waals surface area contributed by atoms with E-state index < -0.39 is 5.82 Å². The molecule has 5 heteroatoms. The van der Waals surface area contributed by atoms with Crippen LogP contribution in [-0.4, -0.2) is 5.91 Å². The zero-order chi connectivity index (χ0) is 14.9. The first-order valence-electron chi connectivity index (χ1n) is 6.01. The van der Waals surface area contributed by atoms with Crippen molar-refractivity contribution in [1.29, 1.82) is 0 Å². The van der Waals surface area contributed by atoms with Crippen LogP contribution in [0.15, 0.2) is 34.8 Å². The van der Waals surface area contributed by atoms with Gasteiger partial charge in [0, 0.05) is 15.7 Å². The number of nitrogen functional groups attached to an aromatic ring is 1. The molecule has 0 aliphatic carbocycles. The summed E-state index contributed by atoms with van der Waals surface area (Å²) in [5.41, 5.74) is 8.35. The highest BCUT2D eigenvalue weighted by Crippen LogP contribution is 2.25. The van der Waals surface area contributed by atoms with Gasteiger partial charge in [-0.1, -0.05) is 15.9 Å². The molecule has 0 aliphatic heterocycles. The number of aryl methyl sites for hydroxylation is 2. The van der Waals surface area contributed by atoms with E-state index in [9.17, 15) is 9.18 Å². The molecule has 0 radical (unpaired) electrons. The number of nitrogens with one attached hydrogen (secondary N) is 1. The summed E-state index contributed by atoms with van der Waals surface area (Å²) < 4.78 is 14.4. The van der Waals surface area contributed by atoms with E-state index in [-0.39, 0.29) is 17.2 Å². The normalized spacial score (nSPS) is 10.4. The number of carbonyl (C=O) groups is 1. The van der Waals surface area contributed by atoms with Gasteiger partial charge in [-0.2, -0.15) is 0 Å². The number of benzene rings is 2. The van der Waals surface area contributed by atoms with Crippen LogP contribution >= 0.6 is 15.9 Å². The van der Waals surface area contributed by atoms with Gasteiger partial charge in [0.15, 0.2) is 0 Å². The van der Waals surface area contributed by atoms with Crippen LogP contribution in [0, 0.1) is 19.7 Å². The second-order valence-electron chi connectivity index (χ2n) is 4.61. The summed E-state index contributed by atoms with van der Waals surface area (Å²) in [6.07, 6.45) is 0. The predicted octanol–water partition coefficient (Wildman–Crippen LogP) is 4.04. The van der Waals surface area contributed by atoms with Crippen LogP contribution in [0.1, 0.15) is 21.5 Å². The summed E-state index contributed by atoms with van der Waals surface area (Å²) >= 11 is 3.47. The molecule has 3 N–H and O–H groups in total. The maximum Gasteiger partial charge on any atom is 0.255 e. The van der Waals surface area contributed by atoms with Crippen LogP contribution in [0.3, 0.4) is 0 Å². The van der Waals surface area contributed by atoms with E-state index in [4.69, 9.17) is 5.73 Å². The molecule has 0 fully saturated rings. The Morgan fingerprint density at radius 3 is 2.35 bits per heavy atom. The number of carbonyl (C=O) groups excluding carboxylic acids is 1. The minimum absolute atomic E-state index is 0.0249. The summed E-state index contributed by atoms with van der Waals surface area (Å²) in [5.74, 6) is -0.967. The second-order valence-corrected chi connectivity index (χ2v) is 5.41. The SMILES string of the molecule is Cc1cc(NC(=O)c2ccc(N)c(F)c2)cc(C)c1Br. The Morgan fingerprint density at radius 2 is 1.80 bits per heavy atom. The number of rotatable bonds is 2. The highest BCUT2D eigenvalue weighted by molar-refractivity contribution is 9.10. The smallest absolute Gasteiger partial charge is 0.255 e. The first-order valence-corrected chi connectivity index (χ1v) is 6.81. The Bertz CT molecular complexity index is 663.